The number of fused-ring (bicyclic) bond motifs is 5. The van der Waals surface area contributed by atoms with Crippen LogP contribution in [0.2, 0.25) is 0 Å². The number of aromatic amines is 1. The highest BCUT2D eigenvalue weighted by Crippen LogP contribution is 2.29. The van der Waals surface area contributed by atoms with Crippen molar-refractivity contribution in [2.24, 2.45) is 7.05 Å². The van der Waals surface area contributed by atoms with Crippen LogP contribution in [0.5, 0.6) is 0 Å². The van der Waals surface area contributed by atoms with Crippen molar-refractivity contribution in [2.75, 3.05) is 0 Å². The van der Waals surface area contributed by atoms with Crippen molar-refractivity contribution >= 4 is 54.5 Å². The molecule has 35 heavy (non-hydrogen) atoms. The van der Waals surface area contributed by atoms with E-state index in [1.807, 2.05) is 48.3 Å². The maximum Gasteiger partial charge on any atom is 0.291 e. The van der Waals surface area contributed by atoms with Crippen LogP contribution in [0.1, 0.15) is 16.7 Å². The van der Waals surface area contributed by atoms with Crippen molar-refractivity contribution in [3.8, 4) is 0 Å². The largest absolute Gasteiger partial charge is 0.339 e. The molecule has 0 radical (unpaired) electrons. The van der Waals surface area contributed by atoms with Crippen LogP contribution in [0.4, 0.5) is 0 Å². The van der Waals surface area contributed by atoms with Crippen molar-refractivity contribution in [1.82, 2.24) is 33.9 Å². The summed E-state index contributed by atoms with van der Waals surface area (Å²) in [5.41, 5.74) is 5.86. The Balaban J connectivity index is 1.32. The van der Waals surface area contributed by atoms with Crippen LogP contribution in [-0.4, -0.2) is 33.9 Å². The van der Waals surface area contributed by atoms with E-state index in [1.165, 1.54) is 27.3 Å². The Morgan fingerprint density at radius 3 is 2.86 bits per heavy atom. The van der Waals surface area contributed by atoms with Gasteiger partial charge in [-0.1, -0.05) is 24.3 Å². The van der Waals surface area contributed by atoms with Crippen LogP contribution in [-0.2, 0) is 20.0 Å². The molecule has 0 saturated carbocycles. The number of rotatable bonds is 4. The highest BCUT2D eigenvalue weighted by atomic mass is 32.1. The Labute approximate surface area is 202 Å². The molecule has 8 nitrogen and oxygen atoms in total. The number of hydrogen-bond acceptors (Lipinski definition) is 6. The van der Waals surface area contributed by atoms with Crippen LogP contribution < -0.4 is 5.56 Å². The number of benzene rings is 2. The molecule has 0 aliphatic rings. The van der Waals surface area contributed by atoms with Crippen LogP contribution in [0, 0.1) is 0 Å². The van der Waals surface area contributed by atoms with E-state index in [2.05, 4.69) is 42.9 Å². The van der Waals surface area contributed by atoms with Crippen molar-refractivity contribution in [3.63, 3.8) is 0 Å². The second-order valence-corrected chi connectivity index (χ2v) is 9.50. The summed E-state index contributed by atoms with van der Waals surface area (Å²) in [7, 11) is 1.95. The zero-order valence-corrected chi connectivity index (χ0v) is 19.6. The molecule has 2 aromatic carbocycles. The Hall–Kier alpha value is -4.37. The summed E-state index contributed by atoms with van der Waals surface area (Å²) in [6.07, 6.45) is 8.08. The molecule has 0 spiro atoms. The number of nitrogens with zero attached hydrogens (tertiary/aromatic N) is 6. The van der Waals surface area contributed by atoms with Gasteiger partial charge in [-0.25, -0.2) is 9.67 Å². The number of H-pyrrole nitrogens is 1. The van der Waals surface area contributed by atoms with E-state index in [-0.39, 0.29) is 5.56 Å². The normalized spacial score (nSPS) is 11.9. The summed E-state index contributed by atoms with van der Waals surface area (Å²) >= 11 is 1.41. The predicted molar refractivity (Wildman–Crippen MR) is 138 cm³/mol. The third kappa shape index (κ3) is 3.08. The molecule has 0 unspecified atom stereocenters. The zero-order chi connectivity index (χ0) is 23.5. The van der Waals surface area contributed by atoms with Gasteiger partial charge in [-0.15, -0.1) is 0 Å². The average Bonchev–Trinajstić information content (AvgIpc) is 3.60. The second-order valence-electron chi connectivity index (χ2n) is 8.72. The predicted octanol–water partition coefficient (Wildman–Crippen LogP) is 4.41. The third-order valence-electron chi connectivity index (χ3n) is 6.72. The fraction of sp³-hybridized carbons (Fsp3) is 0.115. The lowest BCUT2D eigenvalue weighted by Gasteiger charge is -2.07. The summed E-state index contributed by atoms with van der Waals surface area (Å²) in [4.78, 5) is 18.9. The average molecular weight is 478 g/mol. The van der Waals surface area contributed by atoms with Crippen molar-refractivity contribution in [1.29, 1.82) is 0 Å². The molecular weight excluding hydrogens is 458 g/mol. The van der Waals surface area contributed by atoms with Gasteiger partial charge in [0.2, 0.25) is 0 Å². The standard InChI is InChI=1S/C26H19N7OS/c1-32-23-10-15(9-16-7-8-27-25-20(16)13-30-35-25)5-6-18(23)21-12-29-33(26(34)24(21)32)14-17-3-2-4-22-19(17)11-28-31-22/h2-8,10-13H,9,14H2,1H3,(H,28,31). The van der Waals surface area contributed by atoms with Gasteiger partial charge in [0.05, 0.1) is 30.7 Å². The number of aryl methyl sites for hydroxylation is 1. The van der Waals surface area contributed by atoms with Crippen LogP contribution in [0.15, 0.2) is 72.0 Å². The maximum atomic E-state index is 13.5. The molecule has 0 saturated heterocycles. The van der Waals surface area contributed by atoms with Gasteiger partial charge >= 0.3 is 0 Å². The molecule has 1 N–H and O–H groups in total. The molecule has 7 aromatic rings. The SMILES string of the molecule is Cn1c2cc(Cc3ccnc4sncc34)ccc2c2cnn(Cc3cccc4[nH]ncc34)c(=O)c21. The summed E-state index contributed by atoms with van der Waals surface area (Å²) in [5.74, 6) is 0. The van der Waals surface area contributed by atoms with E-state index in [0.29, 0.717) is 12.1 Å². The number of pyridine rings is 1. The van der Waals surface area contributed by atoms with Crippen molar-refractivity contribution in [2.45, 2.75) is 13.0 Å². The minimum Gasteiger partial charge on any atom is -0.339 e. The molecule has 0 fully saturated rings. The van der Waals surface area contributed by atoms with Gasteiger partial charge in [-0.2, -0.15) is 14.6 Å². The highest BCUT2D eigenvalue weighted by Gasteiger charge is 2.16. The van der Waals surface area contributed by atoms with E-state index in [4.69, 9.17) is 0 Å². The van der Waals surface area contributed by atoms with Gasteiger partial charge in [0.1, 0.15) is 10.3 Å². The maximum absolute atomic E-state index is 13.5. The lowest BCUT2D eigenvalue weighted by molar-refractivity contribution is 0.647. The molecule has 9 heteroatoms. The third-order valence-corrected chi connectivity index (χ3v) is 7.43. The Bertz CT molecular complexity index is 1960. The highest BCUT2D eigenvalue weighted by molar-refractivity contribution is 7.12. The van der Waals surface area contributed by atoms with E-state index in [1.54, 1.807) is 12.4 Å². The minimum absolute atomic E-state index is 0.108. The van der Waals surface area contributed by atoms with Crippen LogP contribution in [0.3, 0.4) is 0 Å². The van der Waals surface area contributed by atoms with E-state index in [9.17, 15) is 4.79 Å². The molecule has 5 aromatic heterocycles. The summed E-state index contributed by atoms with van der Waals surface area (Å²) in [6, 6.07) is 14.4. The Kier molecular flexibility index (Phi) is 4.34. The van der Waals surface area contributed by atoms with Gasteiger partial charge in [0.25, 0.3) is 5.56 Å². The van der Waals surface area contributed by atoms with Crippen molar-refractivity contribution in [3.05, 3.63) is 94.3 Å². The first kappa shape index (κ1) is 20.0. The molecule has 7 rings (SSSR count). The molecule has 0 atom stereocenters. The van der Waals surface area contributed by atoms with Gasteiger partial charge in [-0.3, -0.25) is 9.89 Å². The van der Waals surface area contributed by atoms with Crippen molar-refractivity contribution < 1.29 is 0 Å². The quantitative estimate of drug-likeness (QED) is 0.405. The summed E-state index contributed by atoms with van der Waals surface area (Å²) in [6.45, 7) is 0.380. The monoisotopic (exact) mass is 477 g/mol. The summed E-state index contributed by atoms with van der Waals surface area (Å²) in [5, 5.41) is 15.6. The first-order chi connectivity index (χ1) is 17.2. The second kappa shape index (κ2) is 7.57. The van der Waals surface area contributed by atoms with Gasteiger partial charge in [0.15, 0.2) is 0 Å². The number of aromatic nitrogens is 7. The lowest BCUT2D eigenvalue weighted by Crippen LogP contribution is -2.24. The minimum atomic E-state index is -0.108. The molecule has 0 aliphatic heterocycles. The number of hydrogen-bond donors (Lipinski definition) is 1. The molecule has 0 amide bonds. The van der Waals surface area contributed by atoms with E-state index in [0.717, 1.165) is 49.4 Å². The fourth-order valence-corrected chi connectivity index (χ4v) is 5.61. The molecule has 0 aliphatic carbocycles. The molecule has 0 bridgehead atoms. The van der Waals surface area contributed by atoms with Gasteiger partial charge in [-0.05, 0) is 52.8 Å². The lowest BCUT2D eigenvalue weighted by atomic mass is 10.0. The summed E-state index contributed by atoms with van der Waals surface area (Å²) < 4.78 is 7.80. The molecule has 170 valence electrons. The van der Waals surface area contributed by atoms with Gasteiger partial charge < -0.3 is 4.57 Å². The smallest absolute Gasteiger partial charge is 0.291 e. The first-order valence-electron chi connectivity index (χ1n) is 11.2. The molecular formula is C26H19N7OS. The molecule has 5 heterocycles. The van der Waals surface area contributed by atoms with E-state index >= 15 is 0 Å². The Morgan fingerprint density at radius 1 is 0.971 bits per heavy atom. The number of nitrogens with one attached hydrogen (secondary N) is 1. The topological polar surface area (TPSA) is 94.3 Å². The first-order valence-corrected chi connectivity index (χ1v) is 12.0. The fourth-order valence-electron chi connectivity index (χ4n) is 4.96. The van der Waals surface area contributed by atoms with Crippen LogP contribution in [0.25, 0.3) is 42.9 Å². The Morgan fingerprint density at radius 2 is 1.91 bits per heavy atom. The van der Waals surface area contributed by atoms with E-state index < -0.39 is 0 Å². The van der Waals surface area contributed by atoms with Crippen LogP contribution >= 0.6 is 11.5 Å². The van der Waals surface area contributed by atoms with Gasteiger partial charge in [0, 0.05) is 40.3 Å². The zero-order valence-electron chi connectivity index (χ0n) is 18.8.